The first kappa shape index (κ1) is 23.5. The molecule has 0 aliphatic carbocycles. The highest BCUT2D eigenvalue weighted by Gasteiger charge is 2.75. The summed E-state index contributed by atoms with van der Waals surface area (Å²) in [5.41, 5.74) is -0.443. The standard InChI is InChI=1S/C27H30N2O6/c1-3-13-28(19-10-9-17-7-5-6-8-18(17)16-19)25(32)23-27-12-11-20(35-27)21(26(33)34-4-2)22(27)24(31)29(23)14-15-30/h3,5-10,16,20-23,30H,1,4,11-15H2,2H3/t20-,21+,22+,23-,27+/m0/s1. The van der Waals surface area contributed by atoms with Gasteiger partial charge in [-0.2, -0.15) is 0 Å². The molecule has 5 atom stereocenters. The minimum Gasteiger partial charge on any atom is -0.466 e. The molecule has 2 aromatic rings. The topological polar surface area (TPSA) is 96.4 Å². The van der Waals surface area contributed by atoms with Crippen molar-refractivity contribution in [3.05, 3.63) is 55.1 Å². The van der Waals surface area contributed by atoms with Crippen LogP contribution in [0.5, 0.6) is 0 Å². The first-order chi connectivity index (χ1) is 17.0. The zero-order chi connectivity index (χ0) is 24.7. The molecule has 3 saturated heterocycles. The van der Waals surface area contributed by atoms with Crippen molar-refractivity contribution in [3.8, 4) is 0 Å². The van der Waals surface area contributed by atoms with Crippen molar-refractivity contribution >= 4 is 34.2 Å². The molecule has 0 unspecified atom stereocenters. The third-order valence-corrected chi connectivity index (χ3v) is 7.56. The molecule has 3 aliphatic rings. The second-order valence-electron chi connectivity index (χ2n) is 9.33. The lowest BCUT2D eigenvalue weighted by atomic mass is 9.70. The lowest BCUT2D eigenvalue weighted by molar-refractivity contribution is -0.154. The van der Waals surface area contributed by atoms with Gasteiger partial charge >= 0.3 is 5.97 Å². The van der Waals surface area contributed by atoms with E-state index in [9.17, 15) is 19.5 Å². The van der Waals surface area contributed by atoms with Crippen molar-refractivity contribution in [3.63, 3.8) is 0 Å². The summed E-state index contributed by atoms with van der Waals surface area (Å²) in [6, 6.07) is 12.7. The summed E-state index contributed by atoms with van der Waals surface area (Å²) in [4.78, 5) is 43.7. The number of benzene rings is 2. The number of fused-ring (bicyclic) bond motifs is 2. The van der Waals surface area contributed by atoms with Crippen LogP contribution < -0.4 is 4.90 Å². The predicted octanol–water partition coefficient (Wildman–Crippen LogP) is 2.29. The van der Waals surface area contributed by atoms with Gasteiger partial charge in [0.05, 0.1) is 31.2 Å². The number of likely N-dealkylation sites (tertiary alicyclic amines) is 1. The number of esters is 1. The Morgan fingerprint density at radius 1 is 1.29 bits per heavy atom. The van der Waals surface area contributed by atoms with Crippen LogP contribution in [0.2, 0.25) is 0 Å². The van der Waals surface area contributed by atoms with E-state index in [0.29, 0.717) is 18.5 Å². The molecule has 2 bridgehead atoms. The molecule has 3 aliphatic heterocycles. The van der Waals surface area contributed by atoms with Gasteiger partial charge in [0.1, 0.15) is 11.6 Å². The normalized spacial score (nSPS) is 28.9. The zero-order valence-corrected chi connectivity index (χ0v) is 19.8. The largest absolute Gasteiger partial charge is 0.466 e. The smallest absolute Gasteiger partial charge is 0.312 e. The fraction of sp³-hybridized carbons (Fsp3) is 0.444. The van der Waals surface area contributed by atoms with Crippen LogP contribution in [0.25, 0.3) is 10.8 Å². The highest BCUT2D eigenvalue weighted by Crippen LogP contribution is 2.58. The number of nitrogens with zero attached hydrogens (tertiary/aromatic N) is 2. The number of hydrogen-bond acceptors (Lipinski definition) is 6. The van der Waals surface area contributed by atoms with E-state index in [4.69, 9.17) is 9.47 Å². The van der Waals surface area contributed by atoms with Crippen molar-refractivity contribution in [1.82, 2.24) is 4.90 Å². The van der Waals surface area contributed by atoms with Crippen molar-refractivity contribution < 1.29 is 29.0 Å². The van der Waals surface area contributed by atoms with Gasteiger partial charge in [-0.05, 0) is 42.7 Å². The van der Waals surface area contributed by atoms with Gasteiger partial charge in [-0.15, -0.1) is 6.58 Å². The maximum absolute atomic E-state index is 14.2. The molecule has 0 aromatic heterocycles. The van der Waals surface area contributed by atoms with E-state index in [1.54, 1.807) is 17.9 Å². The predicted molar refractivity (Wildman–Crippen MR) is 130 cm³/mol. The van der Waals surface area contributed by atoms with Crippen LogP contribution in [-0.4, -0.2) is 71.8 Å². The van der Waals surface area contributed by atoms with Gasteiger partial charge in [-0.25, -0.2) is 0 Å². The van der Waals surface area contributed by atoms with Crippen LogP contribution in [0.1, 0.15) is 19.8 Å². The Labute approximate surface area is 204 Å². The van der Waals surface area contributed by atoms with Gasteiger partial charge in [0.15, 0.2) is 0 Å². The van der Waals surface area contributed by atoms with E-state index in [2.05, 4.69) is 6.58 Å². The van der Waals surface area contributed by atoms with E-state index in [1.807, 2.05) is 42.5 Å². The number of carbonyl (C=O) groups excluding carboxylic acids is 3. The van der Waals surface area contributed by atoms with E-state index in [0.717, 1.165) is 10.8 Å². The average Bonchev–Trinajstić information content (AvgIpc) is 3.50. The number of ether oxygens (including phenoxy) is 2. The van der Waals surface area contributed by atoms with Crippen LogP contribution in [0.4, 0.5) is 5.69 Å². The first-order valence-corrected chi connectivity index (χ1v) is 12.1. The van der Waals surface area contributed by atoms with E-state index in [1.165, 1.54) is 4.90 Å². The first-order valence-electron chi connectivity index (χ1n) is 12.1. The summed E-state index contributed by atoms with van der Waals surface area (Å²) in [5.74, 6) is -2.66. The van der Waals surface area contributed by atoms with Crippen LogP contribution in [-0.2, 0) is 23.9 Å². The van der Waals surface area contributed by atoms with Crippen LogP contribution in [0.3, 0.4) is 0 Å². The lowest BCUT2D eigenvalue weighted by Crippen LogP contribution is -2.56. The molecule has 35 heavy (non-hydrogen) atoms. The lowest BCUT2D eigenvalue weighted by Gasteiger charge is -2.36. The molecular weight excluding hydrogens is 448 g/mol. The molecule has 3 fully saturated rings. The molecular formula is C27H30N2O6. The summed E-state index contributed by atoms with van der Waals surface area (Å²) < 4.78 is 11.6. The number of aliphatic hydroxyl groups excluding tert-OH is 1. The van der Waals surface area contributed by atoms with Gasteiger partial charge in [0.2, 0.25) is 5.91 Å². The van der Waals surface area contributed by atoms with Crippen molar-refractivity contribution in [2.45, 2.75) is 37.5 Å². The van der Waals surface area contributed by atoms with Crippen LogP contribution in [0, 0.1) is 11.8 Å². The summed E-state index contributed by atoms with van der Waals surface area (Å²) in [5, 5.41) is 11.8. The number of β-amino-alcohol motifs (C(OH)–C–C–N with tert-alkyl or cyclic N) is 1. The van der Waals surface area contributed by atoms with Gasteiger partial charge < -0.3 is 24.4 Å². The van der Waals surface area contributed by atoms with E-state index in [-0.39, 0.29) is 38.1 Å². The van der Waals surface area contributed by atoms with Gasteiger partial charge in [-0.3, -0.25) is 14.4 Å². The number of amides is 2. The summed E-state index contributed by atoms with van der Waals surface area (Å²) in [6.45, 7) is 5.67. The second kappa shape index (κ2) is 9.09. The Bertz CT molecular complexity index is 1180. The third-order valence-electron chi connectivity index (χ3n) is 7.56. The summed E-state index contributed by atoms with van der Waals surface area (Å²) in [6.07, 6.45) is 2.25. The molecule has 0 saturated carbocycles. The number of anilines is 1. The maximum atomic E-state index is 14.2. The SMILES string of the molecule is C=CCN(C(=O)[C@@H]1N(CCO)C(=O)[C@H]2[C@H](C(=O)OCC)[C@@H]3CC[C@]12O3)c1ccc2ccccc2c1. The molecule has 1 N–H and O–H groups in total. The van der Waals surface area contributed by atoms with Gasteiger partial charge in [0.25, 0.3) is 5.91 Å². The Morgan fingerprint density at radius 3 is 2.77 bits per heavy atom. The molecule has 2 aromatic carbocycles. The van der Waals surface area contributed by atoms with Crippen molar-refractivity contribution in [2.75, 3.05) is 31.2 Å². The second-order valence-corrected chi connectivity index (χ2v) is 9.33. The van der Waals surface area contributed by atoms with Gasteiger partial charge in [0, 0.05) is 18.8 Å². The zero-order valence-electron chi connectivity index (χ0n) is 19.8. The number of hydrogen-bond donors (Lipinski definition) is 1. The molecule has 5 rings (SSSR count). The third kappa shape index (κ3) is 3.54. The molecule has 8 nitrogen and oxygen atoms in total. The van der Waals surface area contributed by atoms with E-state index >= 15 is 0 Å². The number of rotatable bonds is 8. The summed E-state index contributed by atoms with van der Waals surface area (Å²) >= 11 is 0. The molecule has 3 heterocycles. The number of carbonyl (C=O) groups is 3. The molecule has 0 radical (unpaired) electrons. The highest BCUT2D eigenvalue weighted by molar-refractivity contribution is 6.05. The van der Waals surface area contributed by atoms with Gasteiger partial charge in [-0.1, -0.05) is 36.4 Å². The summed E-state index contributed by atoms with van der Waals surface area (Å²) in [7, 11) is 0. The molecule has 2 amide bonds. The minimum atomic E-state index is -1.12. The average molecular weight is 479 g/mol. The Kier molecular flexibility index (Phi) is 6.11. The minimum absolute atomic E-state index is 0.0172. The fourth-order valence-corrected chi connectivity index (χ4v) is 6.23. The van der Waals surface area contributed by atoms with Crippen molar-refractivity contribution in [1.29, 1.82) is 0 Å². The molecule has 8 heteroatoms. The maximum Gasteiger partial charge on any atom is 0.312 e. The Hall–Kier alpha value is -3.23. The fourth-order valence-electron chi connectivity index (χ4n) is 6.23. The Balaban J connectivity index is 1.56. The van der Waals surface area contributed by atoms with Crippen LogP contribution >= 0.6 is 0 Å². The van der Waals surface area contributed by atoms with E-state index < -0.39 is 35.6 Å². The highest BCUT2D eigenvalue weighted by atomic mass is 16.6. The Morgan fingerprint density at radius 2 is 2.06 bits per heavy atom. The van der Waals surface area contributed by atoms with Crippen LogP contribution in [0.15, 0.2) is 55.1 Å². The van der Waals surface area contributed by atoms with Crippen molar-refractivity contribution in [2.24, 2.45) is 11.8 Å². The molecule has 184 valence electrons. The number of aliphatic hydroxyl groups is 1. The molecule has 1 spiro atoms. The quantitative estimate of drug-likeness (QED) is 0.462. The monoisotopic (exact) mass is 478 g/mol.